The average Bonchev–Trinajstić information content (AvgIpc) is 2.93. The van der Waals surface area contributed by atoms with Gasteiger partial charge in [-0.05, 0) is 19.9 Å². The van der Waals surface area contributed by atoms with Crippen molar-refractivity contribution >= 4 is 5.97 Å². The smallest absolute Gasteiger partial charge is 0.371 e. The molecule has 1 unspecified atom stereocenters. The number of aromatic nitrogens is 3. The predicted molar refractivity (Wildman–Crippen MR) is 66.7 cm³/mol. The van der Waals surface area contributed by atoms with E-state index >= 15 is 0 Å². The molecular formula is C12H16N4O3. The van der Waals surface area contributed by atoms with Crippen LogP contribution in [0.2, 0.25) is 0 Å². The van der Waals surface area contributed by atoms with Crippen molar-refractivity contribution in [3.8, 4) is 0 Å². The van der Waals surface area contributed by atoms with Gasteiger partial charge in [0, 0.05) is 19.2 Å². The molecule has 2 aromatic rings. The van der Waals surface area contributed by atoms with E-state index in [9.17, 15) is 4.79 Å². The normalized spacial score (nSPS) is 12.6. The fraction of sp³-hybridized carbons (Fsp3) is 0.417. The highest BCUT2D eigenvalue weighted by Crippen LogP contribution is 2.16. The molecule has 0 radical (unpaired) electrons. The molecule has 2 aromatic heterocycles. The third kappa shape index (κ3) is 2.82. The minimum atomic E-state index is -1.06. The van der Waals surface area contributed by atoms with Crippen molar-refractivity contribution in [3.63, 3.8) is 0 Å². The van der Waals surface area contributed by atoms with Crippen molar-refractivity contribution in [3.05, 3.63) is 35.3 Å². The summed E-state index contributed by atoms with van der Waals surface area (Å²) in [5, 5.41) is 19.9. The van der Waals surface area contributed by atoms with Crippen LogP contribution in [0.5, 0.6) is 0 Å². The number of aryl methyl sites for hydroxylation is 2. The van der Waals surface area contributed by atoms with Crippen molar-refractivity contribution in [2.24, 2.45) is 7.05 Å². The highest BCUT2D eigenvalue weighted by atomic mass is 16.4. The van der Waals surface area contributed by atoms with Crippen molar-refractivity contribution in [1.82, 2.24) is 20.1 Å². The number of hydrogen-bond donors (Lipinski definition) is 2. The van der Waals surface area contributed by atoms with E-state index in [1.54, 1.807) is 13.3 Å². The molecule has 2 N–H and O–H groups in total. The number of furan rings is 1. The Labute approximate surface area is 110 Å². The number of carboxylic acid groups (broad SMARTS) is 1. The molecule has 0 fully saturated rings. The minimum Gasteiger partial charge on any atom is -0.475 e. The minimum absolute atomic E-state index is 0.00933. The SMILES string of the molecule is Cc1oc(C(=O)O)cc1CNC(C)c1nncn1C. The summed E-state index contributed by atoms with van der Waals surface area (Å²) in [6, 6.07) is 1.55. The lowest BCUT2D eigenvalue weighted by Gasteiger charge is -2.12. The second-order valence-corrected chi connectivity index (χ2v) is 4.40. The van der Waals surface area contributed by atoms with Gasteiger partial charge in [0.15, 0.2) is 0 Å². The summed E-state index contributed by atoms with van der Waals surface area (Å²) in [7, 11) is 1.87. The molecular weight excluding hydrogens is 248 g/mol. The Bertz CT molecular complexity index is 588. The van der Waals surface area contributed by atoms with E-state index in [0.717, 1.165) is 11.4 Å². The van der Waals surface area contributed by atoms with Gasteiger partial charge in [-0.25, -0.2) is 4.79 Å². The second kappa shape index (κ2) is 5.23. The van der Waals surface area contributed by atoms with Gasteiger partial charge in [0.25, 0.3) is 0 Å². The van der Waals surface area contributed by atoms with Gasteiger partial charge in [0.05, 0.1) is 6.04 Å². The fourth-order valence-electron chi connectivity index (χ4n) is 1.84. The molecule has 0 saturated heterocycles. The van der Waals surface area contributed by atoms with Crippen LogP contribution in [-0.4, -0.2) is 25.8 Å². The van der Waals surface area contributed by atoms with Crippen LogP contribution in [0.4, 0.5) is 0 Å². The van der Waals surface area contributed by atoms with E-state index < -0.39 is 5.97 Å². The fourth-order valence-corrected chi connectivity index (χ4v) is 1.84. The Hall–Kier alpha value is -2.15. The van der Waals surface area contributed by atoms with Crippen LogP contribution in [-0.2, 0) is 13.6 Å². The van der Waals surface area contributed by atoms with Gasteiger partial charge in [-0.1, -0.05) is 0 Å². The summed E-state index contributed by atoms with van der Waals surface area (Å²) in [4.78, 5) is 10.8. The van der Waals surface area contributed by atoms with E-state index in [-0.39, 0.29) is 11.8 Å². The number of carboxylic acids is 1. The summed E-state index contributed by atoms with van der Waals surface area (Å²) >= 11 is 0. The zero-order valence-electron chi connectivity index (χ0n) is 11.0. The maximum atomic E-state index is 10.8. The summed E-state index contributed by atoms with van der Waals surface area (Å²) < 4.78 is 6.99. The summed E-state index contributed by atoms with van der Waals surface area (Å²) in [5.74, 6) is 0.325. The van der Waals surface area contributed by atoms with Crippen LogP contribution in [0.15, 0.2) is 16.8 Å². The van der Waals surface area contributed by atoms with Gasteiger partial charge in [0.1, 0.15) is 17.9 Å². The lowest BCUT2D eigenvalue weighted by atomic mass is 10.2. The van der Waals surface area contributed by atoms with E-state index in [4.69, 9.17) is 9.52 Å². The first kappa shape index (κ1) is 13.3. The zero-order chi connectivity index (χ0) is 14.0. The molecule has 0 aliphatic rings. The van der Waals surface area contributed by atoms with Crippen molar-refractivity contribution in [2.45, 2.75) is 26.4 Å². The molecule has 0 bridgehead atoms. The number of aromatic carboxylic acids is 1. The molecule has 0 aliphatic carbocycles. The third-order valence-electron chi connectivity index (χ3n) is 2.96. The van der Waals surface area contributed by atoms with Crippen LogP contribution in [0.25, 0.3) is 0 Å². The van der Waals surface area contributed by atoms with Crippen LogP contribution in [0.1, 0.15) is 40.7 Å². The highest BCUT2D eigenvalue weighted by molar-refractivity contribution is 5.84. The maximum absolute atomic E-state index is 10.8. The van der Waals surface area contributed by atoms with Gasteiger partial charge >= 0.3 is 5.97 Å². The van der Waals surface area contributed by atoms with Crippen molar-refractivity contribution in [1.29, 1.82) is 0 Å². The lowest BCUT2D eigenvalue weighted by molar-refractivity contribution is 0.0661. The summed E-state index contributed by atoms with van der Waals surface area (Å²) in [6.45, 7) is 4.23. The topological polar surface area (TPSA) is 93.2 Å². The summed E-state index contributed by atoms with van der Waals surface area (Å²) in [6.07, 6.45) is 1.64. The number of nitrogens with one attached hydrogen (secondary N) is 1. The van der Waals surface area contributed by atoms with Crippen LogP contribution in [0.3, 0.4) is 0 Å². The van der Waals surface area contributed by atoms with Crippen LogP contribution in [0, 0.1) is 6.92 Å². The van der Waals surface area contributed by atoms with Gasteiger partial charge in [-0.2, -0.15) is 0 Å². The molecule has 1 atom stereocenters. The Morgan fingerprint density at radius 2 is 2.37 bits per heavy atom. The van der Waals surface area contributed by atoms with Crippen LogP contribution >= 0.6 is 0 Å². The molecule has 0 aromatic carbocycles. The molecule has 7 heteroatoms. The maximum Gasteiger partial charge on any atom is 0.371 e. The summed E-state index contributed by atoms with van der Waals surface area (Å²) in [5.41, 5.74) is 0.825. The molecule has 2 rings (SSSR count). The molecule has 102 valence electrons. The number of nitrogens with zero attached hydrogens (tertiary/aromatic N) is 3. The first-order chi connectivity index (χ1) is 8.99. The van der Waals surface area contributed by atoms with E-state index in [0.29, 0.717) is 12.3 Å². The number of rotatable bonds is 5. The highest BCUT2D eigenvalue weighted by Gasteiger charge is 2.15. The monoisotopic (exact) mass is 264 g/mol. The Morgan fingerprint density at radius 3 is 2.89 bits per heavy atom. The Kier molecular flexibility index (Phi) is 3.66. The van der Waals surface area contributed by atoms with Gasteiger partial charge in [-0.15, -0.1) is 10.2 Å². The molecule has 0 aliphatic heterocycles. The molecule has 7 nitrogen and oxygen atoms in total. The van der Waals surface area contributed by atoms with Crippen molar-refractivity contribution < 1.29 is 14.3 Å². The lowest BCUT2D eigenvalue weighted by Crippen LogP contribution is -2.21. The van der Waals surface area contributed by atoms with Crippen LogP contribution < -0.4 is 5.32 Å². The Balaban J connectivity index is 2.03. The molecule has 19 heavy (non-hydrogen) atoms. The predicted octanol–water partition coefficient (Wildman–Crippen LogP) is 1.27. The Morgan fingerprint density at radius 1 is 1.63 bits per heavy atom. The molecule has 2 heterocycles. The zero-order valence-corrected chi connectivity index (χ0v) is 11.0. The largest absolute Gasteiger partial charge is 0.475 e. The second-order valence-electron chi connectivity index (χ2n) is 4.40. The number of carbonyl (C=O) groups is 1. The first-order valence-corrected chi connectivity index (χ1v) is 5.89. The first-order valence-electron chi connectivity index (χ1n) is 5.89. The average molecular weight is 264 g/mol. The van der Waals surface area contributed by atoms with Crippen molar-refractivity contribution in [2.75, 3.05) is 0 Å². The van der Waals surface area contributed by atoms with E-state index in [1.807, 2.05) is 18.5 Å². The van der Waals surface area contributed by atoms with E-state index in [2.05, 4.69) is 15.5 Å². The molecule has 0 saturated carbocycles. The standard InChI is InChI=1S/C12H16N4O3/c1-7(11-15-14-6-16(11)3)13-5-9-4-10(12(17)18)19-8(9)2/h4,6-7,13H,5H2,1-3H3,(H,17,18). The van der Waals surface area contributed by atoms with Gasteiger partial charge in [0.2, 0.25) is 5.76 Å². The third-order valence-corrected chi connectivity index (χ3v) is 2.96. The number of hydrogen-bond acceptors (Lipinski definition) is 5. The van der Waals surface area contributed by atoms with E-state index in [1.165, 1.54) is 6.07 Å². The molecule has 0 amide bonds. The van der Waals surface area contributed by atoms with Gasteiger partial charge < -0.3 is 19.4 Å². The quantitative estimate of drug-likeness (QED) is 0.844. The molecule has 0 spiro atoms. The van der Waals surface area contributed by atoms with Gasteiger partial charge in [-0.3, -0.25) is 0 Å².